The van der Waals surface area contributed by atoms with Crippen LogP contribution in [0.2, 0.25) is 0 Å². The summed E-state index contributed by atoms with van der Waals surface area (Å²) in [6.45, 7) is 12.0. The topological polar surface area (TPSA) is 103 Å². The van der Waals surface area contributed by atoms with Crippen molar-refractivity contribution in [3.05, 3.63) is 46.0 Å². The molecule has 2 N–H and O–H groups in total. The van der Waals surface area contributed by atoms with Crippen molar-refractivity contribution in [1.29, 1.82) is 0 Å². The predicted octanol–water partition coefficient (Wildman–Crippen LogP) is 5.79. The van der Waals surface area contributed by atoms with Gasteiger partial charge in [0.15, 0.2) is 17.7 Å². The zero-order valence-electron chi connectivity index (χ0n) is 23.8. The lowest BCUT2D eigenvalue weighted by Gasteiger charge is -2.29. The standard InChI is InChI=1S/C30H38FN3O5/c1-8-9-12-32-28(35)22-15-20-24(19-14-21(31)25-18(16(19)2)11-10-13-38-25)23(17(3)33-27(20)34(22)7)26(29(36)37)39-30(4,5)6/h14-15,26H,8-13H2,1-7H3,(H,32,35)(H,36,37)/t26-/m0/s1. The predicted molar refractivity (Wildman–Crippen MR) is 148 cm³/mol. The summed E-state index contributed by atoms with van der Waals surface area (Å²) in [5.41, 5.74) is 3.48. The van der Waals surface area contributed by atoms with Crippen LogP contribution in [0.15, 0.2) is 12.1 Å². The third-order valence-electron chi connectivity index (χ3n) is 7.12. The maximum Gasteiger partial charge on any atom is 0.337 e. The molecule has 0 aliphatic carbocycles. The Bertz CT molecular complexity index is 1440. The van der Waals surface area contributed by atoms with Crippen LogP contribution in [0.1, 0.15) is 85.9 Å². The first-order chi connectivity index (χ1) is 18.4. The molecule has 39 heavy (non-hydrogen) atoms. The van der Waals surface area contributed by atoms with Crippen molar-refractivity contribution >= 4 is 22.9 Å². The van der Waals surface area contributed by atoms with Gasteiger partial charge >= 0.3 is 5.97 Å². The lowest BCUT2D eigenvalue weighted by atomic mass is 9.86. The van der Waals surface area contributed by atoms with Gasteiger partial charge in [0.2, 0.25) is 0 Å². The molecule has 2 aromatic heterocycles. The molecule has 0 spiro atoms. The second-order valence-electron chi connectivity index (χ2n) is 11.2. The summed E-state index contributed by atoms with van der Waals surface area (Å²) in [5.74, 6) is -1.69. The van der Waals surface area contributed by atoms with Gasteiger partial charge in [-0.2, -0.15) is 0 Å². The molecule has 8 nitrogen and oxygen atoms in total. The Morgan fingerprint density at radius 1 is 1.28 bits per heavy atom. The van der Waals surface area contributed by atoms with Gasteiger partial charge in [-0.1, -0.05) is 13.3 Å². The highest BCUT2D eigenvalue weighted by atomic mass is 19.1. The van der Waals surface area contributed by atoms with E-state index in [1.54, 1.807) is 45.4 Å². The molecule has 3 aromatic rings. The number of unbranched alkanes of at least 4 members (excludes halogenated alkanes) is 1. The molecule has 4 rings (SSSR count). The number of ether oxygens (including phenoxy) is 2. The molecule has 1 aliphatic rings. The molecule has 210 valence electrons. The van der Waals surface area contributed by atoms with Gasteiger partial charge in [0, 0.05) is 41.4 Å². The van der Waals surface area contributed by atoms with Crippen molar-refractivity contribution in [2.75, 3.05) is 13.2 Å². The maximum atomic E-state index is 15.5. The number of fused-ring (bicyclic) bond motifs is 2. The van der Waals surface area contributed by atoms with Crippen LogP contribution in [-0.2, 0) is 23.0 Å². The van der Waals surface area contributed by atoms with Crippen LogP contribution in [0.25, 0.3) is 22.2 Å². The van der Waals surface area contributed by atoms with E-state index < -0.39 is 23.5 Å². The zero-order valence-corrected chi connectivity index (χ0v) is 23.8. The summed E-state index contributed by atoms with van der Waals surface area (Å²) in [5, 5.41) is 13.8. The van der Waals surface area contributed by atoms with Crippen LogP contribution < -0.4 is 10.1 Å². The number of amides is 1. The van der Waals surface area contributed by atoms with Crippen molar-refractivity contribution < 1.29 is 28.6 Å². The highest BCUT2D eigenvalue weighted by molar-refractivity contribution is 6.04. The maximum absolute atomic E-state index is 15.5. The smallest absolute Gasteiger partial charge is 0.337 e. The molecule has 0 bridgehead atoms. The van der Waals surface area contributed by atoms with E-state index in [2.05, 4.69) is 5.32 Å². The van der Waals surface area contributed by atoms with Gasteiger partial charge in [0.05, 0.1) is 12.2 Å². The molecule has 0 unspecified atom stereocenters. The quantitative estimate of drug-likeness (QED) is 0.351. The lowest BCUT2D eigenvalue weighted by molar-refractivity contribution is -0.160. The minimum atomic E-state index is -1.37. The van der Waals surface area contributed by atoms with E-state index in [1.165, 1.54) is 6.07 Å². The average Bonchev–Trinajstić information content (AvgIpc) is 3.19. The first kappa shape index (κ1) is 28.5. The van der Waals surface area contributed by atoms with E-state index in [0.29, 0.717) is 58.7 Å². The van der Waals surface area contributed by atoms with Gasteiger partial charge in [-0.3, -0.25) is 4.79 Å². The van der Waals surface area contributed by atoms with Gasteiger partial charge in [-0.15, -0.1) is 0 Å². The molecule has 9 heteroatoms. The summed E-state index contributed by atoms with van der Waals surface area (Å²) in [6, 6.07) is 3.12. The summed E-state index contributed by atoms with van der Waals surface area (Å²) in [7, 11) is 1.75. The Kier molecular flexibility index (Phi) is 8.02. The van der Waals surface area contributed by atoms with E-state index in [9.17, 15) is 14.7 Å². The number of benzene rings is 1. The number of carbonyl (C=O) groups is 2. The molecule has 1 aromatic carbocycles. The summed E-state index contributed by atoms with van der Waals surface area (Å²) in [4.78, 5) is 30.5. The van der Waals surface area contributed by atoms with Crippen molar-refractivity contribution in [3.63, 3.8) is 0 Å². The largest absolute Gasteiger partial charge is 0.490 e. The molecule has 0 radical (unpaired) electrons. The number of carboxylic acids is 1. The number of carboxylic acid groups (broad SMARTS) is 1. The number of nitrogens with one attached hydrogen (secondary N) is 1. The number of hydrogen-bond donors (Lipinski definition) is 2. The third-order valence-corrected chi connectivity index (χ3v) is 7.12. The molecule has 1 aliphatic heterocycles. The number of hydrogen-bond acceptors (Lipinski definition) is 5. The Balaban J connectivity index is 2.07. The monoisotopic (exact) mass is 539 g/mol. The SMILES string of the molecule is CCCCNC(=O)c1cc2c(-c3cc(F)c4c(c3C)CCCO4)c([C@H](OC(C)(C)C)C(=O)O)c(C)nc2n1C. The fourth-order valence-corrected chi connectivity index (χ4v) is 5.26. The number of halogens is 1. The minimum absolute atomic E-state index is 0.246. The van der Waals surface area contributed by atoms with Crippen LogP contribution in [0, 0.1) is 19.7 Å². The normalized spacial score (nSPS) is 14.2. The van der Waals surface area contributed by atoms with Gasteiger partial charge < -0.3 is 24.5 Å². The molecule has 1 amide bonds. The highest BCUT2D eigenvalue weighted by Gasteiger charge is 2.34. The van der Waals surface area contributed by atoms with Crippen molar-refractivity contribution in [2.45, 2.75) is 78.9 Å². The number of rotatable bonds is 8. The number of pyridine rings is 1. The van der Waals surface area contributed by atoms with E-state index >= 15 is 4.39 Å². The van der Waals surface area contributed by atoms with Crippen LogP contribution in [-0.4, -0.2) is 45.3 Å². The molecular formula is C30H38FN3O5. The first-order valence-corrected chi connectivity index (χ1v) is 13.5. The number of aromatic nitrogens is 2. The van der Waals surface area contributed by atoms with Gasteiger partial charge in [0.1, 0.15) is 11.3 Å². The van der Waals surface area contributed by atoms with E-state index in [-0.39, 0.29) is 11.7 Å². The van der Waals surface area contributed by atoms with Crippen LogP contribution in [0.5, 0.6) is 5.75 Å². The van der Waals surface area contributed by atoms with Gasteiger partial charge in [-0.05, 0) is 77.1 Å². The second kappa shape index (κ2) is 11.0. The summed E-state index contributed by atoms with van der Waals surface area (Å²) < 4.78 is 28.9. The van der Waals surface area contributed by atoms with Crippen molar-refractivity contribution in [3.8, 4) is 16.9 Å². The fourth-order valence-electron chi connectivity index (χ4n) is 5.26. The molecule has 1 atom stereocenters. The van der Waals surface area contributed by atoms with Gasteiger partial charge in [-0.25, -0.2) is 14.2 Å². The lowest BCUT2D eigenvalue weighted by Crippen LogP contribution is -2.28. The van der Waals surface area contributed by atoms with Crippen LogP contribution >= 0.6 is 0 Å². The van der Waals surface area contributed by atoms with E-state index in [4.69, 9.17) is 14.5 Å². The number of aliphatic carboxylic acids is 1. The van der Waals surface area contributed by atoms with Crippen LogP contribution in [0.4, 0.5) is 4.39 Å². The molecule has 0 fully saturated rings. The molecule has 0 saturated heterocycles. The minimum Gasteiger partial charge on any atom is -0.490 e. The fraction of sp³-hybridized carbons (Fsp3) is 0.500. The highest BCUT2D eigenvalue weighted by Crippen LogP contribution is 2.44. The molecule has 0 saturated carbocycles. The van der Waals surface area contributed by atoms with Crippen molar-refractivity contribution in [2.24, 2.45) is 7.05 Å². The number of nitrogens with zero attached hydrogens (tertiary/aromatic N) is 2. The first-order valence-electron chi connectivity index (χ1n) is 13.5. The summed E-state index contributed by atoms with van der Waals surface area (Å²) >= 11 is 0. The van der Waals surface area contributed by atoms with Crippen LogP contribution in [0.3, 0.4) is 0 Å². The second-order valence-corrected chi connectivity index (χ2v) is 11.2. The Morgan fingerprint density at radius 3 is 2.64 bits per heavy atom. The molecular weight excluding hydrogens is 501 g/mol. The summed E-state index contributed by atoms with van der Waals surface area (Å²) in [6.07, 6.45) is 1.83. The Morgan fingerprint density at radius 2 is 2.00 bits per heavy atom. The number of carbonyl (C=O) groups excluding carboxylic acids is 1. The average molecular weight is 540 g/mol. The van der Waals surface area contributed by atoms with E-state index in [1.807, 2.05) is 13.8 Å². The number of aryl methyl sites for hydroxylation is 2. The Labute approximate surface area is 228 Å². The molecule has 3 heterocycles. The van der Waals surface area contributed by atoms with Gasteiger partial charge in [0.25, 0.3) is 5.91 Å². The Hall–Kier alpha value is -3.46. The zero-order chi connectivity index (χ0) is 28.6. The van der Waals surface area contributed by atoms with E-state index in [0.717, 1.165) is 30.4 Å². The van der Waals surface area contributed by atoms with Crippen molar-refractivity contribution in [1.82, 2.24) is 14.9 Å². The third kappa shape index (κ3) is 5.50.